The Morgan fingerprint density at radius 3 is 2.71 bits per heavy atom. The molecular formula is C14H15NO2. The average molecular weight is 229 g/mol. The maximum atomic E-state index is 11.3. The van der Waals surface area contributed by atoms with Crippen LogP contribution >= 0.6 is 0 Å². The molecule has 88 valence electrons. The summed E-state index contributed by atoms with van der Waals surface area (Å²) >= 11 is 0. The second-order valence-electron chi connectivity index (χ2n) is 3.95. The van der Waals surface area contributed by atoms with Gasteiger partial charge in [-0.15, -0.1) is 0 Å². The van der Waals surface area contributed by atoms with E-state index >= 15 is 0 Å². The molecular weight excluding hydrogens is 214 g/mol. The summed E-state index contributed by atoms with van der Waals surface area (Å²) in [5.74, 6) is 7.11. The number of methoxy groups -OCH3 is 1. The van der Waals surface area contributed by atoms with E-state index in [0.29, 0.717) is 13.0 Å². The smallest absolute Gasteiger partial charge is 0.223 e. The van der Waals surface area contributed by atoms with Gasteiger partial charge >= 0.3 is 0 Å². The van der Waals surface area contributed by atoms with E-state index in [4.69, 9.17) is 4.74 Å². The molecule has 0 atom stereocenters. The van der Waals surface area contributed by atoms with E-state index in [1.165, 1.54) is 0 Å². The van der Waals surface area contributed by atoms with Gasteiger partial charge in [-0.25, -0.2) is 0 Å². The number of nitrogens with zero attached hydrogens (tertiary/aromatic N) is 1. The molecule has 2 rings (SSSR count). The van der Waals surface area contributed by atoms with E-state index in [0.717, 1.165) is 24.3 Å². The van der Waals surface area contributed by atoms with Crippen LogP contribution in [0.2, 0.25) is 0 Å². The maximum absolute atomic E-state index is 11.3. The molecule has 0 aliphatic carbocycles. The van der Waals surface area contributed by atoms with Crippen LogP contribution in [0.15, 0.2) is 24.3 Å². The number of rotatable bonds is 2. The Hall–Kier alpha value is -1.95. The lowest BCUT2D eigenvalue weighted by Crippen LogP contribution is -2.24. The van der Waals surface area contributed by atoms with Crippen molar-refractivity contribution in [3.05, 3.63) is 29.8 Å². The molecule has 3 nitrogen and oxygen atoms in total. The largest absolute Gasteiger partial charge is 0.497 e. The summed E-state index contributed by atoms with van der Waals surface area (Å²) in [6, 6.07) is 7.59. The predicted molar refractivity (Wildman–Crippen MR) is 65.7 cm³/mol. The van der Waals surface area contributed by atoms with Crippen LogP contribution in [0.4, 0.5) is 0 Å². The third-order valence-corrected chi connectivity index (χ3v) is 2.76. The molecule has 1 amide bonds. The number of hydrogen-bond acceptors (Lipinski definition) is 2. The van der Waals surface area contributed by atoms with Gasteiger partial charge in [0.25, 0.3) is 0 Å². The standard InChI is InChI=1S/C14H15NO2/c1-17-13-8-6-12(7-9-13)4-2-10-15-11-3-5-14(15)16/h6-9H,3,5,10-11H2,1H3. The number of carbonyl (C=O) groups excluding carboxylic acids is 1. The topological polar surface area (TPSA) is 29.5 Å². The van der Waals surface area contributed by atoms with Crippen LogP contribution in [-0.4, -0.2) is 31.0 Å². The Balaban J connectivity index is 1.93. The van der Waals surface area contributed by atoms with Crippen LogP contribution in [0.3, 0.4) is 0 Å². The minimum absolute atomic E-state index is 0.217. The molecule has 17 heavy (non-hydrogen) atoms. The molecule has 1 aliphatic rings. The quantitative estimate of drug-likeness (QED) is 0.722. The van der Waals surface area contributed by atoms with Gasteiger partial charge in [0.05, 0.1) is 13.7 Å². The number of likely N-dealkylation sites (tertiary alicyclic amines) is 1. The highest BCUT2D eigenvalue weighted by Gasteiger charge is 2.18. The van der Waals surface area contributed by atoms with E-state index in [2.05, 4.69) is 11.8 Å². The Morgan fingerprint density at radius 1 is 1.35 bits per heavy atom. The van der Waals surface area contributed by atoms with Crippen molar-refractivity contribution in [1.82, 2.24) is 4.90 Å². The van der Waals surface area contributed by atoms with Crippen molar-refractivity contribution < 1.29 is 9.53 Å². The Labute approximate surface area is 101 Å². The van der Waals surface area contributed by atoms with Gasteiger partial charge in [-0.3, -0.25) is 4.79 Å². The van der Waals surface area contributed by atoms with Crippen LogP contribution in [-0.2, 0) is 4.79 Å². The SMILES string of the molecule is COc1ccc(C#CCN2CCCC2=O)cc1. The first-order chi connectivity index (χ1) is 8.29. The highest BCUT2D eigenvalue weighted by Crippen LogP contribution is 2.10. The third-order valence-electron chi connectivity index (χ3n) is 2.76. The Bertz CT molecular complexity index is 453. The number of benzene rings is 1. The zero-order valence-electron chi connectivity index (χ0n) is 9.90. The minimum atomic E-state index is 0.217. The number of ether oxygens (including phenoxy) is 1. The lowest BCUT2D eigenvalue weighted by atomic mass is 10.2. The van der Waals surface area contributed by atoms with Crippen LogP contribution in [0, 0.1) is 11.8 Å². The van der Waals surface area contributed by atoms with Crippen molar-refractivity contribution in [2.75, 3.05) is 20.2 Å². The summed E-state index contributed by atoms with van der Waals surface area (Å²) in [7, 11) is 1.64. The highest BCUT2D eigenvalue weighted by molar-refractivity contribution is 5.78. The van der Waals surface area contributed by atoms with Gasteiger partial charge in [-0.1, -0.05) is 11.8 Å². The molecule has 1 fully saturated rings. The van der Waals surface area contributed by atoms with Crippen molar-refractivity contribution in [3.63, 3.8) is 0 Å². The van der Waals surface area contributed by atoms with E-state index in [-0.39, 0.29) is 5.91 Å². The number of hydrogen-bond donors (Lipinski definition) is 0. The first-order valence-corrected chi connectivity index (χ1v) is 5.70. The number of carbonyl (C=O) groups is 1. The fraction of sp³-hybridized carbons (Fsp3) is 0.357. The molecule has 1 heterocycles. The molecule has 1 saturated heterocycles. The molecule has 1 aromatic carbocycles. The van der Waals surface area contributed by atoms with Crippen LogP contribution < -0.4 is 4.74 Å². The molecule has 0 spiro atoms. The van der Waals surface area contributed by atoms with Gasteiger partial charge in [-0.2, -0.15) is 0 Å². The second-order valence-corrected chi connectivity index (χ2v) is 3.95. The van der Waals surface area contributed by atoms with Gasteiger partial charge in [0.1, 0.15) is 5.75 Å². The molecule has 0 N–H and O–H groups in total. The van der Waals surface area contributed by atoms with Gasteiger partial charge < -0.3 is 9.64 Å². The van der Waals surface area contributed by atoms with Crippen molar-refractivity contribution in [3.8, 4) is 17.6 Å². The van der Waals surface area contributed by atoms with Crippen LogP contribution in [0.5, 0.6) is 5.75 Å². The average Bonchev–Trinajstić information content (AvgIpc) is 2.76. The first kappa shape index (κ1) is 11.5. The fourth-order valence-electron chi connectivity index (χ4n) is 1.78. The monoisotopic (exact) mass is 229 g/mol. The molecule has 3 heteroatoms. The van der Waals surface area contributed by atoms with Crippen molar-refractivity contribution in [2.45, 2.75) is 12.8 Å². The molecule has 0 aromatic heterocycles. The van der Waals surface area contributed by atoms with E-state index in [1.54, 1.807) is 12.0 Å². The van der Waals surface area contributed by atoms with Crippen LogP contribution in [0.25, 0.3) is 0 Å². The lowest BCUT2D eigenvalue weighted by molar-refractivity contribution is -0.127. The first-order valence-electron chi connectivity index (χ1n) is 5.70. The van der Waals surface area contributed by atoms with Crippen molar-refractivity contribution >= 4 is 5.91 Å². The fourth-order valence-corrected chi connectivity index (χ4v) is 1.78. The molecule has 0 saturated carbocycles. The molecule has 1 aliphatic heterocycles. The van der Waals surface area contributed by atoms with E-state index < -0.39 is 0 Å². The summed E-state index contributed by atoms with van der Waals surface area (Å²) in [5, 5.41) is 0. The highest BCUT2D eigenvalue weighted by atomic mass is 16.5. The van der Waals surface area contributed by atoms with Gasteiger partial charge in [0.15, 0.2) is 0 Å². The molecule has 1 aromatic rings. The predicted octanol–water partition coefficient (Wildman–Crippen LogP) is 1.67. The normalized spacial score (nSPS) is 14.4. The van der Waals surface area contributed by atoms with Crippen molar-refractivity contribution in [2.24, 2.45) is 0 Å². The maximum Gasteiger partial charge on any atom is 0.223 e. The Morgan fingerprint density at radius 2 is 2.12 bits per heavy atom. The Kier molecular flexibility index (Phi) is 3.66. The van der Waals surface area contributed by atoms with E-state index in [9.17, 15) is 4.79 Å². The van der Waals surface area contributed by atoms with Crippen LogP contribution in [0.1, 0.15) is 18.4 Å². The van der Waals surface area contributed by atoms with Gasteiger partial charge in [0, 0.05) is 18.5 Å². The van der Waals surface area contributed by atoms with Crippen molar-refractivity contribution in [1.29, 1.82) is 0 Å². The number of amides is 1. The van der Waals surface area contributed by atoms with Gasteiger partial charge in [-0.05, 0) is 30.7 Å². The second kappa shape index (κ2) is 5.40. The summed E-state index contributed by atoms with van der Waals surface area (Å²) in [5.41, 5.74) is 0.942. The van der Waals surface area contributed by atoms with Gasteiger partial charge in [0.2, 0.25) is 5.91 Å². The summed E-state index contributed by atoms with van der Waals surface area (Å²) in [4.78, 5) is 13.1. The lowest BCUT2D eigenvalue weighted by Gasteiger charge is -2.09. The zero-order valence-corrected chi connectivity index (χ0v) is 9.90. The zero-order chi connectivity index (χ0) is 12.1. The summed E-state index contributed by atoms with van der Waals surface area (Å²) < 4.78 is 5.07. The molecule has 0 unspecified atom stereocenters. The minimum Gasteiger partial charge on any atom is -0.497 e. The molecule has 0 radical (unpaired) electrons. The summed E-state index contributed by atoms with van der Waals surface area (Å²) in [6.45, 7) is 1.38. The third kappa shape index (κ3) is 3.01. The van der Waals surface area contributed by atoms with E-state index in [1.807, 2.05) is 24.3 Å². The summed E-state index contributed by atoms with van der Waals surface area (Å²) in [6.07, 6.45) is 1.63. The molecule has 0 bridgehead atoms.